The molecule has 6 heteroatoms. The van der Waals surface area contributed by atoms with Crippen molar-refractivity contribution in [2.45, 2.75) is 0 Å². The molecular weight excluding hydrogens is 166 g/mol. The molecule has 1 heterocycles. The first-order valence-corrected chi connectivity index (χ1v) is 5.09. The highest BCUT2D eigenvalue weighted by atomic mass is 32.2. The molecule has 0 aromatic rings. The number of nitrogens with one attached hydrogen (secondary N) is 1. The van der Waals surface area contributed by atoms with E-state index in [9.17, 15) is 8.42 Å². The molecular formula is C5H14N3O2S+. The summed E-state index contributed by atoms with van der Waals surface area (Å²) in [6, 6.07) is 0. The third-order valence-corrected chi connectivity index (χ3v) is 3.02. The number of nitrogens with zero attached hydrogens (tertiary/aromatic N) is 1. The summed E-state index contributed by atoms with van der Waals surface area (Å²) < 4.78 is 22.9. The van der Waals surface area contributed by atoms with Gasteiger partial charge in [0.25, 0.3) is 10.2 Å². The maximum Gasteiger partial charge on any atom is 0.277 e. The lowest BCUT2D eigenvalue weighted by Crippen LogP contribution is -3.12. The summed E-state index contributed by atoms with van der Waals surface area (Å²) in [4.78, 5) is 1.35. The molecule has 0 atom stereocenters. The molecule has 5 nitrogen and oxygen atoms in total. The molecule has 0 aromatic heterocycles. The highest BCUT2D eigenvalue weighted by Crippen LogP contribution is 1.92. The van der Waals surface area contributed by atoms with Gasteiger partial charge in [0.2, 0.25) is 0 Å². The summed E-state index contributed by atoms with van der Waals surface area (Å²) in [5, 5.41) is 4.94. The Morgan fingerprint density at radius 2 is 1.82 bits per heavy atom. The smallest absolute Gasteiger partial charge is 0.277 e. The zero-order valence-corrected chi connectivity index (χ0v) is 7.39. The molecule has 11 heavy (non-hydrogen) atoms. The van der Waals surface area contributed by atoms with Crippen LogP contribution in [0.2, 0.25) is 0 Å². The predicted molar refractivity (Wildman–Crippen MR) is 41.3 cm³/mol. The maximum atomic E-state index is 10.8. The molecule has 0 aromatic carbocycles. The highest BCUT2D eigenvalue weighted by Gasteiger charge is 2.23. The molecule has 1 saturated heterocycles. The Morgan fingerprint density at radius 3 is 2.18 bits per heavy atom. The van der Waals surface area contributed by atoms with Crippen molar-refractivity contribution in [1.29, 1.82) is 0 Å². The van der Waals surface area contributed by atoms with E-state index < -0.39 is 10.2 Å². The summed E-state index contributed by atoms with van der Waals surface area (Å²) in [5.74, 6) is 0. The summed E-state index contributed by atoms with van der Waals surface area (Å²) in [5.41, 5.74) is 0. The lowest BCUT2D eigenvalue weighted by atomic mass is 10.4. The van der Waals surface area contributed by atoms with Crippen LogP contribution in [0.5, 0.6) is 0 Å². The molecule has 66 valence electrons. The topological polar surface area (TPSA) is 67.8 Å². The lowest BCUT2D eigenvalue weighted by Gasteiger charge is -2.27. The molecule has 1 aliphatic heterocycles. The average molecular weight is 180 g/mol. The van der Waals surface area contributed by atoms with Crippen molar-refractivity contribution >= 4 is 10.2 Å². The van der Waals surface area contributed by atoms with Crippen LogP contribution in [0.3, 0.4) is 0 Å². The van der Waals surface area contributed by atoms with Gasteiger partial charge in [-0.05, 0) is 0 Å². The van der Waals surface area contributed by atoms with Crippen molar-refractivity contribution in [3.8, 4) is 0 Å². The average Bonchev–Trinajstić information content (AvgIpc) is 1.86. The molecule has 0 aliphatic carbocycles. The maximum absolute atomic E-state index is 10.8. The summed E-state index contributed by atoms with van der Waals surface area (Å²) in [6.45, 7) is 2.78. The van der Waals surface area contributed by atoms with Gasteiger partial charge in [0.05, 0.1) is 33.2 Å². The first-order chi connectivity index (χ1) is 5.00. The molecule has 1 rings (SSSR count). The normalized spacial score (nSPS) is 23.8. The van der Waals surface area contributed by atoms with E-state index in [4.69, 9.17) is 5.14 Å². The van der Waals surface area contributed by atoms with E-state index in [1.165, 1.54) is 9.21 Å². The van der Waals surface area contributed by atoms with Gasteiger partial charge >= 0.3 is 0 Å². The Labute approximate surface area is 66.9 Å². The van der Waals surface area contributed by atoms with Crippen molar-refractivity contribution in [2.75, 3.05) is 33.2 Å². The number of piperazine rings is 1. The second kappa shape index (κ2) is 3.06. The van der Waals surface area contributed by atoms with Crippen LogP contribution in [0, 0.1) is 0 Å². The predicted octanol–water partition coefficient (Wildman–Crippen LogP) is -2.98. The third kappa shape index (κ3) is 2.41. The molecule has 3 N–H and O–H groups in total. The quantitative estimate of drug-likeness (QED) is 0.452. The van der Waals surface area contributed by atoms with Gasteiger partial charge < -0.3 is 4.90 Å². The van der Waals surface area contributed by atoms with Crippen molar-refractivity contribution in [3.05, 3.63) is 0 Å². The molecule has 0 unspecified atom stereocenters. The number of quaternary nitrogens is 1. The van der Waals surface area contributed by atoms with Crippen molar-refractivity contribution in [2.24, 2.45) is 5.14 Å². The van der Waals surface area contributed by atoms with Crippen LogP contribution in [-0.4, -0.2) is 45.9 Å². The molecule has 1 aliphatic rings. The second-order valence-electron chi connectivity index (χ2n) is 2.90. The van der Waals surface area contributed by atoms with Crippen LogP contribution < -0.4 is 10.0 Å². The molecule has 1 fully saturated rings. The number of hydrogen-bond donors (Lipinski definition) is 2. The summed E-state index contributed by atoms with van der Waals surface area (Å²) in [6.07, 6.45) is 0. The third-order valence-electron chi connectivity index (χ3n) is 1.94. The first kappa shape index (κ1) is 8.92. The van der Waals surface area contributed by atoms with E-state index in [0.717, 1.165) is 13.1 Å². The number of nitrogens with two attached hydrogens (primary N) is 1. The molecule has 0 radical (unpaired) electrons. The Hall–Kier alpha value is -0.170. The SMILES string of the molecule is C[NH+]1CCN(S(N)(=O)=O)CC1. The largest absolute Gasteiger partial charge is 0.335 e. The Kier molecular flexibility index (Phi) is 2.48. The monoisotopic (exact) mass is 180 g/mol. The Bertz CT molecular complexity index is 218. The fourth-order valence-corrected chi connectivity index (χ4v) is 1.81. The van der Waals surface area contributed by atoms with Crippen molar-refractivity contribution in [3.63, 3.8) is 0 Å². The van der Waals surface area contributed by atoms with Crippen LogP contribution in [-0.2, 0) is 10.2 Å². The van der Waals surface area contributed by atoms with Crippen molar-refractivity contribution < 1.29 is 13.3 Å². The van der Waals surface area contributed by atoms with Gasteiger partial charge in [-0.25, -0.2) is 5.14 Å². The second-order valence-corrected chi connectivity index (χ2v) is 4.45. The lowest BCUT2D eigenvalue weighted by molar-refractivity contribution is -0.883. The number of rotatable bonds is 1. The van der Waals surface area contributed by atoms with Crippen molar-refractivity contribution in [1.82, 2.24) is 4.31 Å². The zero-order valence-electron chi connectivity index (χ0n) is 6.58. The molecule has 0 amide bonds. The Balaban J connectivity index is 2.53. The van der Waals surface area contributed by atoms with Crippen LogP contribution >= 0.6 is 0 Å². The van der Waals surface area contributed by atoms with Crippen LogP contribution in [0.25, 0.3) is 0 Å². The van der Waals surface area contributed by atoms with E-state index in [0.29, 0.717) is 13.1 Å². The zero-order chi connectivity index (χ0) is 8.48. The van der Waals surface area contributed by atoms with Gasteiger partial charge in [0, 0.05) is 0 Å². The number of likely N-dealkylation sites (N-methyl/N-ethyl adjacent to an activating group) is 1. The standard InChI is InChI=1S/C5H13N3O2S/c1-7-2-4-8(5-3-7)11(6,9)10/h2-5H2,1H3,(H2,6,9,10)/p+1. The molecule has 0 saturated carbocycles. The van der Waals surface area contributed by atoms with Gasteiger partial charge in [-0.1, -0.05) is 0 Å². The van der Waals surface area contributed by atoms with Gasteiger partial charge in [-0.3, -0.25) is 0 Å². The fourth-order valence-electron chi connectivity index (χ4n) is 1.12. The van der Waals surface area contributed by atoms with Crippen LogP contribution in [0.15, 0.2) is 0 Å². The van der Waals surface area contributed by atoms with E-state index in [1.54, 1.807) is 0 Å². The highest BCUT2D eigenvalue weighted by molar-refractivity contribution is 7.86. The summed E-state index contributed by atoms with van der Waals surface area (Å²) >= 11 is 0. The minimum absolute atomic E-state index is 0.546. The van der Waals surface area contributed by atoms with Gasteiger partial charge in [0.15, 0.2) is 0 Å². The van der Waals surface area contributed by atoms with E-state index >= 15 is 0 Å². The van der Waals surface area contributed by atoms with Gasteiger partial charge in [-0.15, -0.1) is 0 Å². The minimum atomic E-state index is -3.43. The van der Waals surface area contributed by atoms with Gasteiger partial charge in [-0.2, -0.15) is 12.7 Å². The Morgan fingerprint density at radius 1 is 1.36 bits per heavy atom. The first-order valence-electron chi connectivity index (χ1n) is 3.59. The van der Waals surface area contributed by atoms with E-state index in [1.807, 2.05) is 7.05 Å². The number of hydrogen-bond acceptors (Lipinski definition) is 2. The summed E-state index contributed by atoms with van der Waals surface area (Å²) in [7, 11) is -1.39. The van der Waals surface area contributed by atoms with Gasteiger partial charge in [0.1, 0.15) is 0 Å². The van der Waals surface area contributed by atoms with E-state index in [2.05, 4.69) is 0 Å². The molecule has 0 spiro atoms. The van der Waals surface area contributed by atoms with Crippen LogP contribution in [0.4, 0.5) is 0 Å². The van der Waals surface area contributed by atoms with Crippen LogP contribution in [0.1, 0.15) is 0 Å². The molecule has 0 bridgehead atoms. The fraction of sp³-hybridized carbons (Fsp3) is 1.00. The minimum Gasteiger partial charge on any atom is -0.335 e. The van der Waals surface area contributed by atoms with E-state index in [-0.39, 0.29) is 0 Å².